The van der Waals surface area contributed by atoms with Crippen molar-refractivity contribution < 1.29 is 9.21 Å². The van der Waals surface area contributed by atoms with Crippen LogP contribution in [0.4, 0.5) is 5.69 Å². The number of benzene rings is 1. The van der Waals surface area contributed by atoms with Crippen molar-refractivity contribution in [3.05, 3.63) is 28.7 Å². The van der Waals surface area contributed by atoms with Gasteiger partial charge in [-0.2, -0.15) is 0 Å². The molecule has 1 aromatic carbocycles. The van der Waals surface area contributed by atoms with Gasteiger partial charge in [-0.1, -0.05) is 0 Å². The van der Waals surface area contributed by atoms with Gasteiger partial charge >= 0.3 is 5.76 Å². The van der Waals surface area contributed by atoms with Gasteiger partial charge in [0.15, 0.2) is 5.58 Å². The Hall–Kier alpha value is -2.08. The van der Waals surface area contributed by atoms with Gasteiger partial charge in [-0.25, -0.2) is 4.79 Å². The molecule has 0 radical (unpaired) electrons. The lowest BCUT2D eigenvalue weighted by atomic mass is 10.1. The smallest absolute Gasteiger partial charge is 0.408 e. The minimum Gasteiger partial charge on any atom is -0.408 e. The maximum Gasteiger partial charge on any atom is 0.417 e. The number of hydrogen-bond acceptors (Lipinski definition) is 4. The van der Waals surface area contributed by atoms with Crippen LogP contribution in [0.1, 0.15) is 6.42 Å². The molecule has 0 spiro atoms. The Morgan fingerprint density at radius 2 is 2.33 bits per heavy atom. The van der Waals surface area contributed by atoms with E-state index < -0.39 is 5.76 Å². The zero-order chi connectivity index (χ0) is 12.5. The van der Waals surface area contributed by atoms with Crippen LogP contribution in [0.15, 0.2) is 27.4 Å². The van der Waals surface area contributed by atoms with Crippen LogP contribution in [0.25, 0.3) is 11.1 Å². The van der Waals surface area contributed by atoms with Gasteiger partial charge in [-0.05, 0) is 31.2 Å². The van der Waals surface area contributed by atoms with Crippen molar-refractivity contribution in [1.82, 2.24) is 10.3 Å². The molecule has 2 heterocycles. The monoisotopic (exact) mass is 247 g/mol. The number of rotatable bonds is 2. The average Bonchev–Trinajstić information content (AvgIpc) is 2.95. The van der Waals surface area contributed by atoms with Gasteiger partial charge < -0.3 is 15.1 Å². The van der Waals surface area contributed by atoms with Gasteiger partial charge in [0, 0.05) is 12.2 Å². The molecule has 94 valence electrons. The van der Waals surface area contributed by atoms with Crippen LogP contribution >= 0.6 is 0 Å². The standard InChI is InChI=1S/C12H13N3O3/c16-11(7-3-4-13-6-7)14-8-1-2-10-9(5-8)15-12(17)18-10/h1-2,5,7,13H,3-4,6H2,(H,14,16)(H,15,17). The number of nitrogens with one attached hydrogen (secondary N) is 3. The Bertz CT molecular complexity index is 637. The van der Waals surface area contributed by atoms with E-state index >= 15 is 0 Å². The van der Waals surface area contributed by atoms with E-state index in [1.54, 1.807) is 18.2 Å². The predicted molar refractivity (Wildman–Crippen MR) is 66.4 cm³/mol. The molecule has 6 heteroatoms. The van der Waals surface area contributed by atoms with Crippen LogP contribution < -0.4 is 16.4 Å². The Morgan fingerprint density at radius 3 is 3.11 bits per heavy atom. The maximum absolute atomic E-state index is 11.9. The fourth-order valence-corrected chi connectivity index (χ4v) is 2.15. The molecule has 0 aliphatic carbocycles. The number of amides is 1. The second-order valence-corrected chi connectivity index (χ2v) is 4.40. The molecular formula is C12H13N3O3. The normalized spacial score (nSPS) is 19.2. The van der Waals surface area contributed by atoms with Crippen LogP contribution in [0.5, 0.6) is 0 Å². The molecule has 1 amide bonds. The Labute approximate surface area is 102 Å². The summed E-state index contributed by atoms with van der Waals surface area (Å²) in [6.45, 7) is 1.60. The second-order valence-electron chi connectivity index (χ2n) is 4.40. The second kappa shape index (κ2) is 4.30. The summed E-state index contributed by atoms with van der Waals surface area (Å²) in [5.74, 6) is -0.470. The van der Waals surface area contributed by atoms with Crippen molar-refractivity contribution in [1.29, 1.82) is 0 Å². The van der Waals surface area contributed by atoms with Gasteiger partial charge in [-0.15, -0.1) is 0 Å². The summed E-state index contributed by atoms with van der Waals surface area (Å²) in [5, 5.41) is 5.99. The highest BCUT2D eigenvalue weighted by Gasteiger charge is 2.22. The third-order valence-corrected chi connectivity index (χ3v) is 3.12. The first-order valence-corrected chi connectivity index (χ1v) is 5.87. The average molecular weight is 247 g/mol. The van der Waals surface area contributed by atoms with Crippen molar-refractivity contribution >= 4 is 22.7 Å². The number of hydrogen-bond donors (Lipinski definition) is 3. The molecule has 1 fully saturated rings. The first kappa shape index (κ1) is 11.0. The summed E-state index contributed by atoms with van der Waals surface area (Å²) in [6.07, 6.45) is 0.858. The first-order chi connectivity index (χ1) is 8.72. The van der Waals surface area contributed by atoms with Crippen LogP contribution in [-0.4, -0.2) is 24.0 Å². The molecule has 1 aliphatic heterocycles. The topological polar surface area (TPSA) is 87.1 Å². The number of oxazole rings is 1. The van der Waals surface area contributed by atoms with E-state index in [0.29, 0.717) is 16.8 Å². The van der Waals surface area contributed by atoms with Gasteiger partial charge in [0.1, 0.15) is 0 Å². The zero-order valence-electron chi connectivity index (χ0n) is 9.66. The number of carbonyl (C=O) groups is 1. The van der Waals surface area contributed by atoms with Gasteiger partial charge in [-0.3, -0.25) is 9.78 Å². The lowest BCUT2D eigenvalue weighted by Gasteiger charge is -2.09. The van der Waals surface area contributed by atoms with E-state index in [9.17, 15) is 9.59 Å². The summed E-state index contributed by atoms with van der Waals surface area (Å²) in [7, 11) is 0. The predicted octanol–water partition coefficient (Wildman–Crippen LogP) is 0.669. The summed E-state index contributed by atoms with van der Waals surface area (Å²) >= 11 is 0. The fourth-order valence-electron chi connectivity index (χ4n) is 2.15. The summed E-state index contributed by atoms with van der Waals surface area (Å²) in [5.41, 5.74) is 1.74. The highest BCUT2D eigenvalue weighted by molar-refractivity contribution is 5.94. The van der Waals surface area contributed by atoms with Gasteiger partial charge in [0.05, 0.1) is 11.4 Å². The van der Waals surface area contributed by atoms with E-state index in [1.807, 2.05) is 0 Å². The highest BCUT2D eigenvalue weighted by Crippen LogP contribution is 2.18. The van der Waals surface area contributed by atoms with Crippen LogP contribution in [-0.2, 0) is 4.79 Å². The third-order valence-electron chi connectivity index (χ3n) is 3.12. The maximum atomic E-state index is 11.9. The van der Waals surface area contributed by atoms with Crippen molar-refractivity contribution in [2.75, 3.05) is 18.4 Å². The molecule has 6 nitrogen and oxygen atoms in total. The number of carbonyl (C=O) groups excluding carboxylic acids is 1. The molecule has 1 aliphatic rings. The van der Waals surface area contributed by atoms with E-state index in [-0.39, 0.29) is 11.8 Å². The van der Waals surface area contributed by atoms with Gasteiger partial charge in [0.2, 0.25) is 5.91 Å². The molecular weight excluding hydrogens is 234 g/mol. The molecule has 0 saturated carbocycles. The number of H-pyrrole nitrogens is 1. The number of aromatic amines is 1. The molecule has 3 N–H and O–H groups in total. The molecule has 1 unspecified atom stereocenters. The number of fused-ring (bicyclic) bond motifs is 1. The molecule has 1 aromatic heterocycles. The Balaban J connectivity index is 1.81. The number of anilines is 1. The first-order valence-electron chi connectivity index (χ1n) is 5.87. The summed E-state index contributed by atoms with van der Waals surface area (Å²) in [6, 6.07) is 5.08. The third kappa shape index (κ3) is 2.02. The molecule has 18 heavy (non-hydrogen) atoms. The Morgan fingerprint density at radius 1 is 1.44 bits per heavy atom. The van der Waals surface area contributed by atoms with Crippen LogP contribution in [0.2, 0.25) is 0 Å². The lowest BCUT2D eigenvalue weighted by Crippen LogP contribution is -2.24. The lowest BCUT2D eigenvalue weighted by molar-refractivity contribution is -0.119. The van der Waals surface area contributed by atoms with Gasteiger partial charge in [0.25, 0.3) is 0 Å². The van der Waals surface area contributed by atoms with Crippen molar-refractivity contribution in [3.8, 4) is 0 Å². The quantitative estimate of drug-likeness (QED) is 0.728. The molecule has 1 saturated heterocycles. The zero-order valence-corrected chi connectivity index (χ0v) is 9.66. The SMILES string of the molecule is O=C(Nc1ccc2oc(=O)[nH]c2c1)C1CCNC1. The fraction of sp³-hybridized carbons (Fsp3) is 0.333. The minimum atomic E-state index is -0.492. The minimum absolute atomic E-state index is 0.00481. The van der Waals surface area contributed by atoms with Crippen molar-refractivity contribution in [2.45, 2.75) is 6.42 Å². The van der Waals surface area contributed by atoms with Crippen molar-refractivity contribution in [2.24, 2.45) is 5.92 Å². The summed E-state index contributed by atoms with van der Waals surface area (Å²) in [4.78, 5) is 25.5. The van der Waals surface area contributed by atoms with Crippen molar-refractivity contribution in [3.63, 3.8) is 0 Å². The highest BCUT2D eigenvalue weighted by atomic mass is 16.4. The summed E-state index contributed by atoms with van der Waals surface area (Å²) < 4.78 is 4.89. The van der Waals surface area contributed by atoms with E-state index in [1.165, 1.54) is 0 Å². The van der Waals surface area contributed by atoms with Crippen LogP contribution in [0.3, 0.4) is 0 Å². The van der Waals surface area contributed by atoms with Crippen LogP contribution in [0, 0.1) is 5.92 Å². The van der Waals surface area contributed by atoms with E-state index in [4.69, 9.17) is 4.42 Å². The molecule has 1 atom stereocenters. The molecule has 3 rings (SSSR count). The van der Waals surface area contributed by atoms with E-state index in [0.717, 1.165) is 19.5 Å². The number of aromatic nitrogens is 1. The largest absolute Gasteiger partial charge is 0.417 e. The molecule has 2 aromatic rings. The molecule has 0 bridgehead atoms. The Kier molecular flexibility index (Phi) is 2.64. The van der Waals surface area contributed by atoms with E-state index in [2.05, 4.69) is 15.6 Å².